The van der Waals surface area contributed by atoms with Crippen molar-refractivity contribution in [1.82, 2.24) is 5.43 Å². The van der Waals surface area contributed by atoms with E-state index in [0.29, 0.717) is 5.92 Å². The Bertz CT molecular complexity index is 939. The molecule has 4 heteroatoms. The van der Waals surface area contributed by atoms with Crippen LogP contribution in [0.2, 0.25) is 0 Å². The Kier molecular flexibility index (Phi) is 11.5. The van der Waals surface area contributed by atoms with Gasteiger partial charge < -0.3 is 17.8 Å². The van der Waals surface area contributed by atoms with Crippen LogP contribution >= 0.6 is 0 Å². The standard InChI is InChI=1S/C26H29N3.CH3.V/c1-4-17-27-28-18-19-29(3)26-20-24(21(2)22-11-7-5-8-12-22)15-16-25(26)23-13-9-6-10-14-23;;/h4-17,20-21,28H,1,18-19H2,2-3H3;1H3;/q;-1;/b27-17-;;. The van der Waals surface area contributed by atoms with Crippen LogP contribution in [0, 0.1) is 7.43 Å². The van der Waals surface area contributed by atoms with Gasteiger partial charge in [0.05, 0.1) is 6.54 Å². The molecule has 0 aliphatic heterocycles. The van der Waals surface area contributed by atoms with Gasteiger partial charge in [-0.15, -0.1) is 0 Å². The number of benzene rings is 3. The largest absolute Gasteiger partial charge is 0.372 e. The minimum Gasteiger partial charge on any atom is -0.372 e. The van der Waals surface area contributed by atoms with Crippen molar-refractivity contribution in [2.24, 2.45) is 5.10 Å². The van der Waals surface area contributed by atoms with E-state index in [9.17, 15) is 0 Å². The summed E-state index contributed by atoms with van der Waals surface area (Å²) in [6.07, 6.45) is 3.33. The first-order chi connectivity index (χ1) is 14.2. The van der Waals surface area contributed by atoms with E-state index in [1.165, 1.54) is 27.9 Å². The van der Waals surface area contributed by atoms with Crippen molar-refractivity contribution in [2.45, 2.75) is 12.8 Å². The molecular weight excluding hydrogens is 417 g/mol. The Hall–Kier alpha value is -2.75. The van der Waals surface area contributed by atoms with Gasteiger partial charge in [-0.2, -0.15) is 5.10 Å². The molecule has 3 aromatic carbocycles. The molecule has 0 bridgehead atoms. The van der Waals surface area contributed by atoms with Gasteiger partial charge in [0.2, 0.25) is 0 Å². The molecule has 0 saturated carbocycles. The van der Waals surface area contributed by atoms with E-state index >= 15 is 0 Å². The molecule has 161 valence electrons. The van der Waals surface area contributed by atoms with Crippen LogP contribution in [0.25, 0.3) is 11.1 Å². The van der Waals surface area contributed by atoms with Crippen LogP contribution < -0.4 is 10.3 Å². The predicted octanol–water partition coefficient (Wildman–Crippen LogP) is 6.15. The number of rotatable bonds is 9. The molecule has 3 aromatic rings. The summed E-state index contributed by atoms with van der Waals surface area (Å²) in [5.74, 6) is 0.337. The van der Waals surface area contributed by atoms with E-state index in [0.717, 1.165) is 13.1 Å². The first-order valence-corrected chi connectivity index (χ1v) is 10.0. The molecule has 0 amide bonds. The molecule has 1 radical (unpaired) electrons. The van der Waals surface area contributed by atoms with E-state index in [1.54, 1.807) is 12.3 Å². The van der Waals surface area contributed by atoms with Crippen molar-refractivity contribution >= 4 is 11.9 Å². The van der Waals surface area contributed by atoms with Gasteiger partial charge in [0, 0.05) is 55.5 Å². The molecule has 0 aliphatic carbocycles. The maximum absolute atomic E-state index is 4.10. The number of nitrogens with one attached hydrogen (secondary N) is 1. The van der Waals surface area contributed by atoms with Crippen LogP contribution in [0.4, 0.5) is 5.69 Å². The van der Waals surface area contributed by atoms with Crippen LogP contribution in [0.1, 0.15) is 24.0 Å². The van der Waals surface area contributed by atoms with Gasteiger partial charge in [0.1, 0.15) is 0 Å². The van der Waals surface area contributed by atoms with Crippen molar-refractivity contribution < 1.29 is 18.6 Å². The third-order valence-electron chi connectivity index (χ3n) is 5.15. The zero-order valence-corrected chi connectivity index (χ0v) is 20.1. The summed E-state index contributed by atoms with van der Waals surface area (Å²) in [4.78, 5) is 2.29. The second-order valence-corrected chi connectivity index (χ2v) is 7.12. The zero-order chi connectivity index (χ0) is 20.5. The molecule has 0 heterocycles. The molecular formula is C27H32N3V-. The number of hydrogen-bond acceptors (Lipinski definition) is 3. The second kappa shape index (κ2) is 13.5. The smallest absolute Gasteiger partial charge is 0.0505 e. The summed E-state index contributed by atoms with van der Waals surface area (Å²) in [6, 6.07) is 28.1. The first-order valence-electron chi connectivity index (χ1n) is 10.0. The minimum atomic E-state index is 0. The second-order valence-electron chi connectivity index (χ2n) is 7.12. The number of likely N-dealkylation sites (N-methyl/N-ethyl adjacent to an activating group) is 1. The molecule has 0 fully saturated rings. The Balaban J connectivity index is 0.00000240. The summed E-state index contributed by atoms with van der Waals surface area (Å²) in [5.41, 5.74) is 9.41. The summed E-state index contributed by atoms with van der Waals surface area (Å²) < 4.78 is 0. The topological polar surface area (TPSA) is 27.6 Å². The summed E-state index contributed by atoms with van der Waals surface area (Å²) in [7, 11) is 2.14. The molecule has 1 N–H and O–H groups in total. The van der Waals surface area contributed by atoms with E-state index in [-0.39, 0.29) is 26.0 Å². The fraction of sp³-hybridized carbons (Fsp3) is 0.185. The average Bonchev–Trinajstić information content (AvgIpc) is 2.79. The van der Waals surface area contributed by atoms with Crippen molar-refractivity contribution in [2.75, 3.05) is 25.0 Å². The first kappa shape index (κ1) is 26.3. The van der Waals surface area contributed by atoms with Gasteiger partial charge in [-0.05, 0) is 28.8 Å². The molecule has 3 rings (SSSR count). The zero-order valence-electron chi connectivity index (χ0n) is 18.7. The fourth-order valence-corrected chi connectivity index (χ4v) is 3.44. The van der Waals surface area contributed by atoms with Gasteiger partial charge in [0.15, 0.2) is 0 Å². The minimum absolute atomic E-state index is 0. The molecule has 3 nitrogen and oxygen atoms in total. The van der Waals surface area contributed by atoms with Crippen molar-refractivity contribution in [3.05, 3.63) is 110 Å². The Morgan fingerprint density at radius 2 is 1.61 bits per heavy atom. The fourth-order valence-electron chi connectivity index (χ4n) is 3.44. The van der Waals surface area contributed by atoms with Crippen LogP contribution in [-0.2, 0) is 18.6 Å². The number of nitrogens with zero attached hydrogens (tertiary/aromatic N) is 2. The van der Waals surface area contributed by atoms with Crippen LogP contribution in [0.3, 0.4) is 0 Å². The van der Waals surface area contributed by atoms with Crippen LogP contribution in [0.5, 0.6) is 0 Å². The van der Waals surface area contributed by atoms with Gasteiger partial charge in [-0.25, -0.2) is 0 Å². The average molecular weight is 450 g/mol. The SMILES string of the molecule is C=C/C=N\NCCN(C)c1cc(C(C)c2ccccc2)ccc1-c1ccccc1.[CH3-].[V]. The molecule has 1 atom stereocenters. The summed E-state index contributed by atoms with van der Waals surface area (Å²) >= 11 is 0. The normalized spacial score (nSPS) is 11.2. The number of anilines is 1. The molecule has 0 saturated heterocycles. The monoisotopic (exact) mass is 449 g/mol. The van der Waals surface area contributed by atoms with E-state index in [1.807, 2.05) is 0 Å². The van der Waals surface area contributed by atoms with E-state index < -0.39 is 0 Å². The van der Waals surface area contributed by atoms with Gasteiger partial charge in [0.25, 0.3) is 0 Å². The summed E-state index contributed by atoms with van der Waals surface area (Å²) in [5, 5.41) is 4.10. The number of hydrazone groups is 1. The molecule has 0 aliphatic rings. The van der Waals surface area contributed by atoms with E-state index in [4.69, 9.17) is 0 Å². The quantitative estimate of drug-likeness (QED) is 0.184. The summed E-state index contributed by atoms with van der Waals surface area (Å²) in [6.45, 7) is 7.51. The van der Waals surface area contributed by atoms with Crippen molar-refractivity contribution in [3.63, 3.8) is 0 Å². The van der Waals surface area contributed by atoms with E-state index in [2.05, 4.69) is 115 Å². The Morgan fingerprint density at radius 1 is 0.968 bits per heavy atom. The third-order valence-corrected chi connectivity index (χ3v) is 5.15. The maximum Gasteiger partial charge on any atom is 0.0505 e. The molecule has 1 unspecified atom stereocenters. The third kappa shape index (κ3) is 7.17. The van der Waals surface area contributed by atoms with Crippen molar-refractivity contribution in [3.8, 4) is 11.1 Å². The van der Waals surface area contributed by atoms with Crippen LogP contribution in [0.15, 0.2) is 96.6 Å². The number of hydrogen-bond donors (Lipinski definition) is 1. The van der Waals surface area contributed by atoms with Crippen LogP contribution in [-0.4, -0.2) is 26.4 Å². The van der Waals surface area contributed by atoms with Gasteiger partial charge in [-0.1, -0.05) is 86.3 Å². The van der Waals surface area contributed by atoms with Gasteiger partial charge >= 0.3 is 0 Å². The number of allylic oxidation sites excluding steroid dienone is 1. The van der Waals surface area contributed by atoms with Gasteiger partial charge in [-0.3, -0.25) is 0 Å². The molecule has 31 heavy (non-hydrogen) atoms. The maximum atomic E-state index is 4.10. The molecule has 0 aromatic heterocycles. The molecule has 0 spiro atoms. The Labute approximate surface area is 199 Å². The predicted molar refractivity (Wildman–Crippen MR) is 132 cm³/mol. The van der Waals surface area contributed by atoms with Crippen molar-refractivity contribution in [1.29, 1.82) is 0 Å². The Morgan fingerprint density at radius 3 is 2.26 bits per heavy atom.